The highest BCUT2D eigenvalue weighted by Gasteiger charge is 2.12. The minimum Gasteiger partial charge on any atom is -0.468 e. The molecule has 0 fully saturated rings. The van der Waals surface area contributed by atoms with Crippen LogP contribution in [0.15, 0.2) is 4.99 Å². The number of methoxy groups -OCH3 is 1. The Labute approximate surface area is 90.3 Å². The van der Waals surface area contributed by atoms with Crippen molar-refractivity contribution in [3.63, 3.8) is 0 Å². The lowest BCUT2D eigenvalue weighted by atomic mass is 10.2. The second-order valence-electron chi connectivity index (χ2n) is 3.41. The standard InChI is InChI=1S/C9H20N4O2/c1-13(2)9(11)12-6-4-5-7(10)8(14)15-3/h7H,4-6,10H2,1-3H3,(H2,11,12). The minimum absolute atomic E-state index is 0.389. The molecule has 0 amide bonds. The third-order valence-corrected chi connectivity index (χ3v) is 1.91. The normalized spacial score (nSPS) is 13.5. The average molecular weight is 216 g/mol. The number of rotatable bonds is 5. The van der Waals surface area contributed by atoms with Gasteiger partial charge in [0.2, 0.25) is 0 Å². The monoisotopic (exact) mass is 216 g/mol. The summed E-state index contributed by atoms with van der Waals surface area (Å²) in [5, 5.41) is 0. The third-order valence-electron chi connectivity index (χ3n) is 1.91. The average Bonchev–Trinajstić information content (AvgIpc) is 2.22. The molecule has 0 aliphatic heterocycles. The molecule has 0 spiro atoms. The quantitative estimate of drug-likeness (QED) is 0.270. The van der Waals surface area contributed by atoms with E-state index in [9.17, 15) is 4.79 Å². The predicted octanol–water partition coefficient (Wildman–Crippen LogP) is -0.857. The zero-order valence-corrected chi connectivity index (χ0v) is 9.56. The maximum atomic E-state index is 10.9. The van der Waals surface area contributed by atoms with Crippen LogP contribution in [0.25, 0.3) is 0 Å². The Morgan fingerprint density at radius 1 is 1.53 bits per heavy atom. The van der Waals surface area contributed by atoms with Gasteiger partial charge < -0.3 is 21.1 Å². The summed E-state index contributed by atoms with van der Waals surface area (Å²) >= 11 is 0. The molecule has 0 aromatic rings. The highest BCUT2D eigenvalue weighted by Crippen LogP contribution is 1.97. The predicted molar refractivity (Wildman–Crippen MR) is 59.4 cm³/mol. The molecule has 4 N–H and O–H groups in total. The van der Waals surface area contributed by atoms with Crippen molar-refractivity contribution in [3.8, 4) is 0 Å². The summed E-state index contributed by atoms with van der Waals surface area (Å²) in [6, 6.07) is -0.564. The van der Waals surface area contributed by atoms with E-state index in [1.165, 1.54) is 7.11 Å². The smallest absolute Gasteiger partial charge is 0.322 e. The molecule has 0 rings (SSSR count). The zero-order chi connectivity index (χ0) is 11.8. The van der Waals surface area contributed by atoms with Crippen LogP contribution < -0.4 is 11.5 Å². The molecule has 0 saturated carbocycles. The summed E-state index contributed by atoms with van der Waals surface area (Å²) in [4.78, 5) is 16.7. The highest BCUT2D eigenvalue weighted by molar-refractivity contribution is 5.77. The summed E-state index contributed by atoms with van der Waals surface area (Å²) in [6.07, 6.45) is 1.27. The van der Waals surface area contributed by atoms with E-state index in [2.05, 4.69) is 9.73 Å². The van der Waals surface area contributed by atoms with Crippen LogP contribution in [-0.4, -0.2) is 50.6 Å². The van der Waals surface area contributed by atoms with Crippen molar-refractivity contribution in [2.75, 3.05) is 27.7 Å². The minimum atomic E-state index is -0.564. The molecular weight excluding hydrogens is 196 g/mol. The largest absolute Gasteiger partial charge is 0.468 e. The Balaban J connectivity index is 3.71. The van der Waals surface area contributed by atoms with Crippen molar-refractivity contribution in [3.05, 3.63) is 0 Å². The Kier molecular flexibility index (Phi) is 6.44. The second-order valence-corrected chi connectivity index (χ2v) is 3.41. The molecule has 0 heterocycles. The number of ether oxygens (including phenoxy) is 1. The van der Waals surface area contributed by atoms with Gasteiger partial charge in [-0.05, 0) is 12.8 Å². The Hall–Kier alpha value is -1.30. The molecular formula is C9H20N4O2. The van der Waals surface area contributed by atoms with Gasteiger partial charge in [-0.15, -0.1) is 0 Å². The summed E-state index contributed by atoms with van der Waals surface area (Å²) in [7, 11) is 4.96. The van der Waals surface area contributed by atoms with Crippen LogP contribution >= 0.6 is 0 Å². The van der Waals surface area contributed by atoms with E-state index < -0.39 is 6.04 Å². The van der Waals surface area contributed by atoms with E-state index >= 15 is 0 Å². The van der Waals surface area contributed by atoms with Crippen LogP contribution in [0.5, 0.6) is 0 Å². The number of esters is 1. The fourth-order valence-corrected chi connectivity index (χ4v) is 0.915. The lowest BCUT2D eigenvalue weighted by Gasteiger charge is -2.11. The second kappa shape index (κ2) is 7.05. The summed E-state index contributed by atoms with van der Waals surface area (Å²) in [6.45, 7) is 0.564. The van der Waals surface area contributed by atoms with Crippen LogP contribution in [0.1, 0.15) is 12.8 Å². The summed E-state index contributed by atoms with van der Waals surface area (Å²) in [5.74, 6) is 0.0844. The van der Waals surface area contributed by atoms with Gasteiger partial charge in [-0.1, -0.05) is 0 Å². The van der Waals surface area contributed by atoms with Crippen molar-refractivity contribution in [2.24, 2.45) is 16.5 Å². The van der Waals surface area contributed by atoms with Crippen LogP contribution in [0.3, 0.4) is 0 Å². The van der Waals surface area contributed by atoms with Crippen molar-refractivity contribution >= 4 is 11.9 Å². The number of aliphatic imine (C=N–C) groups is 1. The topological polar surface area (TPSA) is 93.9 Å². The van der Waals surface area contributed by atoms with Gasteiger partial charge in [0.15, 0.2) is 5.96 Å². The first kappa shape index (κ1) is 13.7. The number of nitrogens with two attached hydrogens (primary N) is 2. The number of hydrogen-bond donors (Lipinski definition) is 2. The molecule has 0 aliphatic rings. The van der Waals surface area contributed by atoms with Gasteiger partial charge in [-0.25, -0.2) is 0 Å². The molecule has 1 unspecified atom stereocenters. The van der Waals surface area contributed by atoms with E-state index in [-0.39, 0.29) is 5.97 Å². The van der Waals surface area contributed by atoms with Crippen molar-refractivity contribution < 1.29 is 9.53 Å². The number of carbonyl (C=O) groups is 1. The summed E-state index contributed by atoms with van der Waals surface area (Å²) < 4.78 is 4.50. The zero-order valence-electron chi connectivity index (χ0n) is 9.56. The molecule has 0 aliphatic carbocycles. The van der Waals surface area contributed by atoms with Crippen LogP contribution in [0.4, 0.5) is 0 Å². The van der Waals surface area contributed by atoms with E-state index in [1.54, 1.807) is 4.90 Å². The van der Waals surface area contributed by atoms with Crippen molar-refractivity contribution in [1.29, 1.82) is 0 Å². The maximum absolute atomic E-state index is 10.9. The van der Waals surface area contributed by atoms with Gasteiger partial charge >= 0.3 is 5.97 Å². The molecule has 0 aromatic heterocycles. The molecule has 0 bridgehead atoms. The van der Waals surface area contributed by atoms with Gasteiger partial charge in [0.1, 0.15) is 6.04 Å². The van der Waals surface area contributed by atoms with Gasteiger partial charge in [-0.2, -0.15) is 0 Å². The van der Waals surface area contributed by atoms with Gasteiger partial charge in [0.05, 0.1) is 7.11 Å². The van der Waals surface area contributed by atoms with Crippen LogP contribution in [0, 0.1) is 0 Å². The van der Waals surface area contributed by atoms with Crippen LogP contribution in [-0.2, 0) is 9.53 Å². The first-order valence-electron chi connectivity index (χ1n) is 4.79. The van der Waals surface area contributed by atoms with E-state index in [0.29, 0.717) is 25.3 Å². The lowest BCUT2D eigenvalue weighted by molar-refractivity contribution is -0.142. The summed E-state index contributed by atoms with van der Waals surface area (Å²) in [5.41, 5.74) is 11.1. The van der Waals surface area contributed by atoms with Gasteiger partial charge in [0, 0.05) is 20.6 Å². The molecule has 0 saturated heterocycles. The first-order valence-corrected chi connectivity index (χ1v) is 4.79. The fourth-order valence-electron chi connectivity index (χ4n) is 0.915. The third kappa shape index (κ3) is 5.90. The van der Waals surface area contributed by atoms with E-state index in [0.717, 1.165) is 0 Å². The SMILES string of the molecule is COC(=O)C(N)CCCN=C(N)N(C)C. The van der Waals surface area contributed by atoms with E-state index in [1.807, 2.05) is 14.1 Å². The maximum Gasteiger partial charge on any atom is 0.322 e. The fraction of sp³-hybridized carbons (Fsp3) is 0.778. The molecule has 0 aromatic carbocycles. The first-order chi connectivity index (χ1) is 6.99. The number of nitrogens with zero attached hydrogens (tertiary/aromatic N) is 2. The molecule has 6 heteroatoms. The van der Waals surface area contributed by atoms with Crippen molar-refractivity contribution in [1.82, 2.24) is 4.90 Å². The number of hydrogen-bond acceptors (Lipinski definition) is 4. The molecule has 0 radical (unpaired) electrons. The molecule has 1 atom stereocenters. The Morgan fingerprint density at radius 2 is 2.13 bits per heavy atom. The van der Waals surface area contributed by atoms with Gasteiger partial charge in [0.25, 0.3) is 0 Å². The Bertz CT molecular complexity index is 228. The van der Waals surface area contributed by atoms with Gasteiger partial charge in [-0.3, -0.25) is 9.79 Å². The highest BCUT2D eigenvalue weighted by atomic mass is 16.5. The molecule has 15 heavy (non-hydrogen) atoms. The number of guanidine groups is 1. The van der Waals surface area contributed by atoms with Crippen LogP contribution in [0.2, 0.25) is 0 Å². The molecule has 88 valence electrons. The number of carbonyl (C=O) groups excluding carboxylic acids is 1. The Morgan fingerprint density at radius 3 is 2.60 bits per heavy atom. The van der Waals surface area contributed by atoms with E-state index in [4.69, 9.17) is 11.5 Å². The lowest BCUT2D eigenvalue weighted by Crippen LogP contribution is -2.32. The van der Waals surface area contributed by atoms with Crippen molar-refractivity contribution in [2.45, 2.75) is 18.9 Å². The molecule has 6 nitrogen and oxygen atoms in total.